The first-order valence-electron chi connectivity index (χ1n) is 8.25. The third-order valence-electron chi connectivity index (χ3n) is 4.31. The van der Waals surface area contributed by atoms with E-state index in [2.05, 4.69) is 27.1 Å². The van der Waals surface area contributed by atoms with Crippen LogP contribution in [0.5, 0.6) is 5.75 Å². The Morgan fingerprint density at radius 3 is 2.71 bits per heavy atom. The number of hydrogen-bond acceptors (Lipinski definition) is 5. The molecule has 1 aliphatic heterocycles. The van der Waals surface area contributed by atoms with Gasteiger partial charge in [-0.15, -0.1) is 0 Å². The third kappa shape index (κ3) is 4.04. The fourth-order valence-corrected chi connectivity index (χ4v) is 2.93. The van der Waals surface area contributed by atoms with Crippen LogP contribution in [0.3, 0.4) is 0 Å². The number of methoxy groups -OCH3 is 1. The number of nitrogens with zero attached hydrogens (tertiary/aromatic N) is 5. The molecule has 2 aromatic rings. The second-order valence-corrected chi connectivity index (χ2v) is 5.83. The minimum atomic E-state index is 0.182. The maximum Gasteiger partial charge on any atom is 0.224 e. The van der Waals surface area contributed by atoms with Crippen molar-refractivity contribution in [3.63, 3.8) is 0 Å². The first-order valence-corrected chi connectivity index (χ1v) is 8.25. The lowest BCUT2D eigenvalue weighted by Gasteiger charge is -2.24. The van der Waals surface area contributed by atoms with Crippen LogP contribution in [0.25, 0.3) is 0 Å². The Kier molecular flexibility index (Phi) is 5.30. The van der Waals surface area contributed by atoms with Gasteiger partial charge in [0.2, 0.25) is 5.91 Å². The van der Waals surface area contributed by atoms with Gasteiger partial charge in [-0.25, -0.2) is 4.98 Å². The molecular weight excluding hydrogens is 306 g/mol. The second-order valence-electron chi connectivity index (χ2n) is 5.83. The minimum absolute atomic E-state index is 0.182. The molecule has 0 N–H and O–H groups in total. The van der Waals surface area contributed by atoms with E-state index in [1.54, 1.807) is 18.1 Å². The molecule has 0 spiro atoms. The van der Waals surface area contributed by atoms with Crippen molar-refractivity contribution >= 4 is 11.6 Å². The summed E-state index contributed by atoms with van der Waals surface area (Å²) in [4.78, 5) is 20.6. The Morgan fingerprint density at radius 1 is 1.17 bits per heavy atom. The molecule has 0 saturated carbocycles. The van der Waals surface area contributed by atoms with E-state index >= 15 is 0 Å². The monoisotopic (exact) mass is 329 g/mol. The van der Waals surface area contributed by atoms with Crippen molar-refractivity contribution in [3.05, 3.63) is 36.9 Å². The molecular formula is C17H23N5O2. The third-order valence-corrected chi connectivity index (χ3v) is 4.31. The van der Waals surface area contributed by atoms with Crippen LogP contribution >= 0.6 is 0 Å². The topological polar surface area (TPSA) is 63.5 Å². The van der Waals surface area contributed by atoms with E-state index < -0.39 is 0 Å². The molecule has 0 radical (unpaired) electrons. The molecule has 24 heavy (non-hydrogen) atoms. The standard InChI is InChI=1S/C17H23N5O2/c1-24-16-5-3-15(4-6-16)20-8-2-9-21(12-11-20)17(23)7-10-22-14-18-13-19-22/h3-6,13-14H,2,7-12H2,1H3. The van der Waals surface area contributed by atoms with E-state index in [1.807, 2.05) is 17.0 Å². The average Bonchev–Trinajstić information content (AvgIpc) is 3.02. The second kappa shape index (κ2) is 7.81. The maximum absolute atomic E-state index is 12.4. The fourth-order valence-electron chi connectivity index (χ4n) is 2.93. The summed E-state index contributed by atoms with van der Waals surface area (Å²) in [6.45, 7) is 3.95. The summed E-state index contributed by atoms with van der Waals surface area (Å²) in [6, 6.07) is 8.09. The van der Waals surface area contributed by atoms with Crippen LogP contribution in [0.4, 0.5) is 5.69 Å². The highest BCUT2D eigenvalue weighted by Crippen LogP contribution is 2.20. The molecule has 0 aliphatic carbocycles. The van der Waals surface area contributed by atoms with Crippen molar-refractivity contribution in [3.8, 4) is 5.75 Å². The lowest BCUT2D eigenvalue weighted by molar-refractivity contribution is -0.131. The molecule has 0 atom stereocenters. The molecule has 0 bridgehead atoms. The zero-order valence-corrected chi connectivity index (χ0v) is 14.0. The average molecular weight is 329 g/mol. The molecule has 1 aromatic carbocycles. The summed E-state index contributed by atoms with van der Waals surface area (Å²) in [5, 5.41) is 4.03. The van der Waals surface area contributed by atoms with E-state index in [4.69, 9.17) is 4.74 Å². The summed E-state index contributed by atoms with van der Waals surface area (Å²) in [7, 11) is 1.67. The van der Waals surface area contributed by atoms with E-state index in [-0.39, 0.29) is 5.91 Å². The quantitative estimate of drug-likeness (QED) is 0.830. The summed E-state index contributed by atoms with van der Waals surface area (Å²) >= 11 is 0. The number of ether oxygens (including phenoxy) is 1. The van der Waals surface area contributed by atoms with E-state index in [9.17, 15) is 4.79 Å². The van der Waals surface area contributed by atoms with E-state index in [1.165, 1.54) is 12.0 Å². The summed E-state index contributed by atoms with van der Waals surface area (Å²) in [5.41, 5.74) is 1.17. The fraction of sp³-hybridized carbons (Fsp3) is 0.471. The molecule has 128 valence electrons. The number of aryl methyl sites for hydroxylation is 1. The smallest absolute Gasteiger partial charge is 0.224 e. The first-order chi connectivity index (χ1) is 11.8. The van der Waals surface area contributed by atoms with Crippen LogP contribution in [-0.2, 0) is 11.3 Å². The lowest BCUT2D eigenvalue weighted by atomic mass is 10.2. The number of rotatable bonds is 5. The molecule has 2 heterocycles. The Balaban J connectivity index is 1.53. The van der Waals surface area contributed by atoms with Gasteiger partial charge in [-0.1, -0.05) is 0 Å². The van der Waals surface area contributed by atoms with Crippen molar-refractivity contribution in [2.45, 2.75) is 19.4 Å². The van der Waals surface area contributed by atoms with Gasteiger partial charge in [-0.3, -0.25) is 9.48 Å². The highest BCUT2D eigenvalue weighted by atomic mass is 16.5. The molecule has 7 nitrogen and oxygen atoms in total. The van der Waals surface area contributed by atoms with Gasteiger partial charge in [-0.2, -0.15) is 5.10 Å². The predicted molar refractivity (Wildman–Crippen MR) is 91.0 cm³/mol. The van der Waals surface area contributed by atoms with Crippen LogP contribution in [-0.4, -0.2) is 58.9 Å². The highest BCUT2D eigenvalue weighted by molar-refractivity contribution is 5.76. The van der Waals surface area contributed by atoms with E-state index in [0.29, 0.717) is 13.0 Å². The Hall–Kier alpha value is -2.57. The van der Waals surface area contributed by atoms with Crippen LogP contribution in [0.15, 0.2) is 36.9 Å². The van der Waals surface area contributed by atoms with Crippen molar-refractivity contribution in [2.24, 2.45) is 0 Å². The van der Waals surface area contributed by atoms with E-state index in [0.717, 1.165) is 38.3 Å². The SMILES string of the molecule is COc1ccc(N2CCCN(C(=O)CCn3cncn3)CC2)cc1. The van der Waals surface area contributed by atoms with Gasteiger partial charge >= 0.3 is 0 Å². The Morgan fingerprint density at radius 2 is 2.00 bits per heavy atom. The zero-order chi connectivity index (χ0) is 16.8. The molecule has 3 rings (SSSR count). The van der Waals surface area contributed by atoms with Gasteiger partial charge in [0.1, 0.15) is 18.4 Å². The molecule has 1 aliphatic rings. The largest absolute Gasteiger partial charge is 0.497 e. The number of benzene rings is 1. The first kappa shape index (κ1) is 16.3. The van der Waals surface area contributed by atoms with Crippen molar-refractivity contribution in [1.29, 1.82) is 0 Å². The predicted octanol–water partition coefficient (Wildman–Crippen LogP) is 1.42. The molecule has 1 amide bonds. The number of anilines is 1. The normalized spacial score (nSPS) is 15.2. The molecule has 1 aromatic heterocycles. The number of carbonyl (C=O) groups is 1. The Bertz CT molecular complexity index is 642. The van der Waals surface area contributed by atoms with Gasteiger partial charge in [0, 0.05) is 38.3 Å². The molecule has 7 heteroatoms. The number of amides is 1. The summed E-state index contributed by atoms with van der Waals surface area (Å²) in [6.07, 6.45) is 4.57. The lowest BCUT2D eigenvalue weighted by Crippen LogP contribution is -2.35. The summed E-state index contributed by atoms with van der Waals surface area (Å²) in [5.74, 6) is 1.04. The zero-order valence-electron chi connectivity index (χ0n) is 14.0. The van der Waals surface area contributed by atoms with Crippen molar-refractivity contribution in [1.82, 2.24) is 19.7 Å². The minimum Gasteiger partial charge on any atom is -0.497 e. The van der Waals surface area contributed by atoms with Crippen molar-refractivity contribution < 1.29 is 9.53 Å². The highest BCUT2D eigenvalue weighted by Gasteiger charge is 2.19. The van der Waals surface area contributed by atoms with Gasteiger partial charge in [-0.05, 0) is 30.7 Å². The molecule has 1 fully saturated rings. The van der Waals surface area contributed by atoms with Crippen molar-refractivity contribution in [2.75, 3.05) is 38.2 Å². The van der Waals surface area contributed by atoms with Crippen LogP contribution in [0.1, 0.15) is 12.8 Å². The van der Waals surface area contributed by atoms with Gasteiger partial charge < -0.3 is 14.5 Å². The molecule has 0 unspecified atom stereocenters. The van der Waals surface area contributed by atoms with Crippen LogP contribution in [0, 0.1) is 0 Å². The number of aromatic nitrogens is 3. The maximum atomic E-state index is 12.4. The van der Waals surface area contributed by atoms with Gasteiger partial charge in [0.05, 0.1) is 13.7 Å². The Labute approximate surface area is 141 Å². The van der Waals surface area contributed by atoms with Crippen LogP contribution < -0.4 is 9.64 Å². The van der Waals surface area contributed by atoms with Gasteiger partial charge in [0.25, 0.3) is 0 Å². The van der Waals surface area contributed by atoms with Crippen LogP contribution in [0.2, 0.25) is 0 Å². The summed E-state index contributed by atoms with van der Waals surface area (Å²) < 4.78 is 6.90. The molecule has 1 saturated heterocycles. The number of carbonyl (C=O) groups excluding carboxylic acids is 1. The van der Waals surface area contributed by atoms with Gasteiger partial charge in [0.15, 0.2) is 0 Å². The number of hydrogen-bond donors (Lipinski definition) is 0.